The van der Waals surface area contributed by atoms with Crippen molar-refractivity contribution >= 4 is 16.7 Å². The van der Waals surface area contributed by atoms with Gasteiger partial charge in [-0.05, 0) is 23.8 Å². The fourth-order valence-electron chi connectivity index (χ4n) is 2.51. The summed E-state index contributed by atoms with van der Waals surface area (Å²) in [6, 6.07) is 8.45. The summed E-state index contributed by atoms with van der Waals surface area (Å²) in [7, 11) is 2.80. The lowest BCUT2D eigenvalue weighted by Gasteiger charge is -2.15. The number of benzene rings is 2. The van der Waals surface area contributed by atoms with Gasteiger partial charge in [0.05, 0.1) is 19.7 Å². The number of halogens is 4. The smallest absolute Gasteiger partial charge is 0.451 e. The minimum absolute atomic E-state index is 0.0161. The zero-order valence-corrected chi connectivity index (χ0v) is 14.4. The molecule has 0 atom stereocenters. The molecule has 0 saturated carbocycles. The van der Waals surface area contributed by atoms with E-state index in [9.17, 15) is 17.6 Å². The Kier molecular flexibility index (Phi) is 5.02. The Morgan fingerprint density at radius 2 is 1.59 bits per heavy atom. The predicted octanol–water partition coefficient (Wildman–Crippen LogP) is 4.42. The molecular formula is C18H15F4N3O2. The second kappa shape index (κ2) is 7.26. The number of nitrogens with zero attached hydrogens (tertiary/aromatic N) is 2. The van der Waals surface area contributed by atoms with Gasteiger partial charge < -0.3 is 14.8 Å². The van der Waals surface area contributed by atoms with E-state index >= 15 is 0 Å². The Morgan fingerprint density at radius 1 is 0.963 bits per heavy atom. The summed E-state index contributed by atoms with van der Waals surface area (Å²) in [5.74, 6) is -1.11. The molecule has 0 bridgehead atoms. The first-order valence-corrected chi connectivity index (χ1v) is 7.81. The largest absolute Gasteiger partial charge is 0.493 e. The second-order valence-electron chi connectivity index (χ2n) is 5.60. The molecule has 0 amide bonds. The van der Waals surface area contributed by atoms with Crippen molar-refractivity contribution in [2.45, 2.75) is 12.7 Å². The molecule has 0 fully saturated rings. The van der Waals surface area contributed by atoms with E-state index in [2.05, 4.69) is 15.3 Å². The van der Waals surface area contributed by atoms with E-state index in [0.717, 1.165) is 0 Å². The summed E-state index contributed by atoms with van der Waals surface area (Å²) in [5, 5.41) is 3.19. The van der Waals surface area contributed by atoms with Crippen LogP contribution in [-0.4, -0.2) is 24.2 Å². The van der Waals surface area contributed by atoms with E-state index < -0.39 is 17.8 Å². The summed E-state index contributed by atoms with van der Waals surface area (Å²) in [4.78, 5) is 7.21. The number of hydrogen-bond acceptors (Lipinski definition) is 5. The molecule has 0 spiro atoms. The molecular weight excluding hydrogens is 366 g/mol. The van der Waals surface area contributed by atoms with Gasteiger partial charge in [-0.2, -0.15) is 13.2 Å². The molecule has 1 N–H and O–H groups in total. The highest BCUT2D eigenvalue weighted by Gasteiger charge is 2.35. The molecule has 0 saturated heterocycles. The van der Waals surface area contributed by atoms with Gasteiger partial charge in [0.2, 0.25) is 5.82 Å². The van der Waals surface area contributed by atoms with E-state index in [0.29, 0.717) is 16.7 Å². The van der Waals surface area contributed by atoms with Crippen LogP contribution in [0, 0.1) is 5.82 Å². The third-order valence-corrected chi connectivity index (χ3v) is 3.83. The van der Waals surface area contributed by atoms with Crippen molar-refractivity contribution in [1.82, 2.24) is 9.97 Å². The van der Waals surface area contributed by atoms with Gasteiger partial charge in [0.15, 0.2) is 11.5 Å². The molecule has 0 aliphatic heterocycles. The van der Waals surface area contributed by atoms with Gasteiger partial charge in [0.25, 0.3) is 0 Å². The SMILES string of the molecule is COc1cc2nc(C(F)(F)F)nc(NCc3ccc(F)cc3)c2cc1OC. The number of aromatic nitrogens is 2. The molecule has 3 rings (SSSR count). The molecule has 0 radical (unpaired) electrons. The van der Waals surface area contributed by atoms with Crippen LogP contribution in [0.1, 0.15) is 11.4 Å². The molecule has 0 aliphatic rings. The van der Waals surface area contributed by atoms with Crippen molar-refractivity contribution in [3.8, 4) is 11.5 Å². The van der Waals surface area contributed by atoms with Gasteiger partial charge >= 0.3 is 6.18 Å². The zero-order chi connectivity index (χ0) is 19.6. The number of ether oxygens (including phenoxy) is 2. The Hall–Kier alpha value is -3.10. The summed E-state index contributed by atoms with van der Waals surface area (Å²) in [6.45, 7) is 0.151. The van der Waals surface area contributed by atoms with Crippen molar-refractivity contribution < 1.29 is 27.0 Å². The second-order valence-corrected chi connectivity index (χ2v) is 5.60. The predicted molar refractivity (Wildman–Crippen MR) is 91.4 cm³/mol. The van der Waals surface area contributed by atoms with Gasteiger partial charge in [-0.3, -0.25) is 0 Å². The van der Waals surface area contributed by atoms with Gasteiger partial charge in [-0.25, -0.2) is 14.4 Å². The van der Waals surface area contributed by atoms with E-state index in [1.54, 1.807) is 0 Å². The van der Waals surface area contributed by atoms with Crippen LogP contribution in [0.3, 0.4) is 0 Å². The van der Waals surface area contributed by atoms with Crippen molar-refractivity contribution in [1.29, 1.82) is 0 Å². The number of fused-ring (bicyclic) bond motifs is 1. The van der Waals surface area contributed by atoms with Crippen molar-refractivity contribution in [3.05, 3.63) is 53.6 Å². The van der Waals surface area contributed by atoms with Crippen LogP contribution in [0.5, 0.6) is 11.5 Å². The van der Waals surface area contributed by atoms with Crippen LogP contribution in [0.4, 0.5) is 23.4 Å². The highest BCUT2D eigenvalue weighted by atomic mass is 19.4. The molecule has 9 heteroatoms. The van der Waals surface area contributed by atoms with Gasteiger partial charge in [0, 0.05) is 18.0 Å². The zero-order valence-electron chi connectivity index (χ0n) is 14.4. The van der Waals surface area contributed by atoms with E-state index in [1.807, 2.05) is 0 Å². The Bertz CT molecular complexity index is 959. The molecule has 27 heavy (non-hydrogen) atoms. The van der Waals surface area contributed by atoms with E-state index in [-0.39, 0.29) is 23.6 Å². The normalized spacial score (nSPS) is 11.5. The Balaban J connectivity index is 2.08. The maximum absolute atomic E-state index is 13.2. The fraction of sp³-hybridized carbons (Fsp3) is 0.222. The van der Waals surface area contributed by atoms with Gasteiger partial charge in [0.1, 0.15) is 11.6 Å². The highest BCUT2D eigenvalue weighted by Crippen LogP contribution is 2.36. The average Bonchev–Trinajstić information content (AvgIpc) is 2.65. The number of methoxy groups -OCH3 is 2. The molecule has 1 heterocycles. The van der Waals surface area contributed by atoms with Crippen LogP contribution in [0.2, 0.25) is 0 Å². The number of anilines is 1. The lowest BCUT2D eigenvalue weighted by molar-refractivity contribution is -0.144. The van der Waals surface area contributed by atoms with Crippen LogP contribution < -0.4 is 14.8 Å². The van der Waals surface area contributed by atoms with E-state index in [4.69, 9.17) is 9.47 Å². The lowest BCUT2D eigenvalue weighted by atomic mass is 10.2. The van der Waals surface area contributed by atoms with Gasteiger partial charge in [-0.15, -0.1) is 0 Å². The fourth-order valence-corrected chi connectivity index (χ4v) is 2.51. The summed E-state index contributed by atoms with van der Waals surface area (Å²) >= 11 is 0. The van der Waals surface area contributed by atoms with Crippen LogP contribution in [-0.2, 0) is 12.7 Å². The van der Waals surface area contributed by atoms with Crippen LogP contribution in [0.25, 0.3) is 10.9 Å². The van der Waals surface area contributed by atoms with Crippen molar-refractivity contribution in [3.63, 3.8) is 0 Å². The summed E-state index contributed by atoms with van der Waals surface area (Å²) < 4.78 is 62.9. The Labute approximate surface area is 152 Å². The summed E-state index contributed by atoms with van der Waals surface area (Å²) in [6.07, 6.45) is -4.71. The van der Waals surface area contributed by atoms with Crippen molar-refractivity contribution in [2.75, 3.05) is 19.5 Å². The Morgan fingerprint density at radius 3 is 2.19 bits per heavy atom. The topological polar surface area (TPSA) is 56.3 Å². The maximum Gasteiger partial charge on any atom is 0.451 e. The van der Waals surface area contributed by atoms with Crippen LogP contribution in [0.15, 0.2) is 36.4 Å². The minimum Gasteiger partial charge on any atom is -0.493 e. The monoisotopic (exact) mass is 381 g/mol. The number of hydrogen-bond donors (Lipinski definition) is 1. The third kappa shape index (κ3) is 4.02. The summed E-state index contributed by atoms with van der Waals surface area (Å²) in [5.41, 5.74) is 0.730. The molecule has 142 valence electrons. The first kappa shape index (κ1) is 18.7. The molecule has 0 unspecified atom stereocenters. The first-order chi connectivity index (χ1) is 12.8. The highest BCUT2D eigenvalue weighted by molar-refractivity contribution is 5.91. The quantitative estimate of drug-likeness (QED) is 0.663. The van der Waals surface area contributed by atoms with E-state index in [1.165, 1.54) is 50.6 Å². The third-order valence-electron chi connectivity index (χ3n) is 3.83. The molecule has 5 nitrogen and oxygen atoms in total. The maximum atomic E-state index is 13.2. The molecule has 1 aromatic heterocycles. The van der Waals surface area contributed by atoms with Gasteiger partial charge in [-0.1, -0.05) is 12.1 Å². The molecule has 2 aromatic carbocycles. The number of nitrogens with one attached hydrogen (secondary N) is 1. The first-order valence-electron chi connectivity index (χ1n) is 7.81. The lowest BCUT2D eigenvalue weighted by Crippen LogP contribution is -2.14. The molecule has 0 aliphatic carbocycles. The number of alkyl halides is 3. The number of rotatable bonds is 5. The van der Waals surface area contributed by atoms with Crippen LogP contribution >= 0.6 is 0 Å². The minimum atomic E-state index is -4.71. The standard InChI is InChI=1S/C18H15F4N3O2/c1-26-14-7-12-13(8-15(14)27-2)24-17(18(20,21)22)25-16(12)23-9-10-3-5-11(19)6-4-10/h3-8H,9H2,1-2H3,(H,23,24,25). The average molecular weight is 381 g/mol. The molecule has 3 aromatic rings. The van der Waals surface area contributed by atoms with Crippen molar-refractivity contribution in [2.24, 2.45) is 0 Å².